The fraction of sp³-hybridized carbons (Fsp3) is 0.200. The van der Waals surface area contributed by atoms with Crippen LogP contribution in [0.15, 0.2) is 60.7 Å². The van der Waals surface area contributed by atoms with Crippen LogP contribution in [-0.4, -0.2) is 10.5 Å². The van der Waals surface area contributed by atoms with Gasteiger partial charge in [-0.2, -0.15) is 0 Å². The molecule has 90 valence electrons. The summed E-state index contributed by atoms with van der Waals surface area (Å²) in [6.45, 7) is 4.52. The smallest absolute Gasteiger partial charge is 0.0146 e. The lowest BCUT2D eigenvalue weighted by Gasteiger charge is -2.25. The van der Waals surface area contributed by atoms with Crippen LogP contribution in [-0.2, 0) is 5.41 Å². The highest BCUT2D eigenvalue weighted by atomic mass is 17.0. The zero-order valence-corrected chi connectivity index (χ0v) is 10.2. The summed E-state index contributed by atoms with van der Waals surface area (Å²) in [4.78, 5) is 0. The van der Waals surface area contributed by atoms with Crippen molar-refractivity contribution in [3.8, 4) is 0 Å². The molecule has 0 heterocycles. The van der Waals surface area contributed by atoms with Crippen LogP contribution in [0.1, 0.15) is 25.0 Å². The fourth-order valence-corrected chi connectivity index (χ4v) is 1.88. The van der Waals surface area contributed by atoms with Crippen LogP contribution in [0.2, 0.25) is 0 Å². The monoisotopic (exact) mass is 230 g/mol. The first kappa shape index (κ1) is 13.4. The van der Waals surface area contributed by atoms with Crippen LogP contribution in [0.5, 0.6) is 0 Å². The lowest BCUT2D eigenvalue weighted by Crippen LogP contribution is -2.18. The minimum Gasteiger partial charge on any atom is -0.255 e. The van der Waals surface area contributed by atoms with E-state index in [1.165, 1.54) is 11.1 Å². The molecule has 2 N–H and O–H groups in total. The van der Waals surface area contributed by atoms with Gasteiger partial charge in [0.2, 0.25) is 0 Å². The molecule has 0 spiro atoms. The van der Waals surface area contributed by atoms with Gasteiger partial charge < -0.3 is 0 Å². The summed E-state index contributed by atoms with van der Waals surface area (Å²) < 4.78 is 0. The maximum Gasteiger partial charge on any atom is 0.0146 e. The van der Waals surface area contributed by atoms with Crippen molar-refractivity contribution in [1.29, 1.82) is 0 Å². The SMILES string of the molecule is CC(C)(c1ccccc1)c1ccccc1.OO. The summed E-state index contributed by atoms with van der Waals surface area (Å²) >= 11 is 0. The highest BCUT2D eigenvalue weighted by molar-refractivity contribution is 5.36. The van der Waals surface area contributed by atoms with Gasteiger partial charge in [0.05, 0.1) is 0 Å². The van der Waals surface area contributed by atoms with E-state index in [-0.39, 0.29) is 5.41 Å². The molecular weight excluding hydrogens is 212 g/mol. The highest BCUT2D eigenvalue weighted by Crippen LogP contribution is 2.30. The number of hydrogen-bond donors (Lipinski definition) is 2. The zero-order chi connectivity index (χ0) is 12.7. The van der Waals surface area contributed by atoms with Crippen molar-refractivity contribution in [2.24, 2.45) is 0 Å². The van der Waals surface area contributed by atoms with Gasteiger partial charge in [0.1, 0.15) is 0 Å². The Bertz CT molecular complexity index is 380. The predicted molar refractivity (Wildman–Crippen MR) is 70.3 cm³/mol. The molecule has 2 nitrogen and oxygen atoms in total. The average Bonchev–Trinajstić information content (AvgIpc) is 2.43. The molecule has 0 aliphatic heterocycles. The molecule has 0 unspecified atom stereocenters. The quantitative estimate of drug-likeness (QED) is 0.604. The molecule has 0 aliphatic rings. The van der Waals surface area contributed by atoms with Crippen molar-refractivity contribution in [3.05, 3.63) is 71.8 Å². The van der Waals surface area contributed by atoms with Crippen LogP contribution >= 0.6 is 0 Å². The molecule has 2 rings (SSSR count). The summed E-state index contributed by atoms with van der Waals surface area (Å²) in [5.74, 6) is 0. The van der Waals surface area contributed by atoms with Crippen molar-refractivity contribution in [1.82, 2.24) is 0 Å². The first-order chi connectivity index (χ1) is 8.21. The van der Waals surface area contributed by atoms with E-state index in [0.29, 0.717) is 0 Å². The van der Waals surface area contributed by atoms with E-state index in [2.05, 4.69) is 74.5 Å². The number of hydrogen-bond acceptors (Lipinski definition) is 2. The Morgan fingerprint density at radius 2 is 0.941 bits per heavy atom. The molecule has 17 heavy (non-hydrogen) atoms. The van der Waals surface area contributed by atoms with Gasteiger partial charge in [-0.3, -0.25) is 10.5 Å². The van der Waals surface area contributed by atoms with Gasteiger partial charge in [-0.1, -0.05) is 74.5 Å². The van der Waals surface area contributed by atoms with E-state index in [1.807, 2.05) is 0 Å². The lowest BCUT2D eigenvalue weighted by molar-refractivity contribution is -0.176. The second-order valence-electron chi connectivity index (χ2n) is 4.36. The minimum absolute atomic E-state index is 0.0858. The van der Waals surface area contributed by atoms with Gasteiger partial charge in [0.25, 0.3) is 0 Å². The molecule has 0 fully saturated rings. The van der Waals surface area contributed by atoms with Gasteiger partial charge in [-0.15, -0.1) is 0 Å². The highest BCUT2D eigenvalue weighted by Gasteiger charge is 2.21. The van der Waals surface area contributed by atoms with Crippen molar-refractivity contribution >= 4 is 0 Å². The zero-order valence-electron chi connectivity index (χ0n) is 10.2. The first-order valence-electron chi connectivity index (χ1n) is 5.52. The van der Waals surface area contributed by atoms with Gasteiger partial charge in [0, 0.05) is 5.41 Å². The van der Waals surface area contributed by atoms with Crippen LogP contribution < -0.4 is 0 Å². The Balaban J connectivity index is 0.000000686. The molecule has 0 amide bonds. The molecule has 2 heteroatoms. The maximum atomic E-state index is 6.00. The van der Waals surface area contributed by atoms with Crippen LogP contribution in [0, 0.1) is 0 Å². The van der Waals surface area contributed by atoms with Crippen LogP contribution in [0.4, 0.5) is 0 Å². The van der Waals surface area contributed by atoms with E-state index in [0.717, 1.165) is 0 Å². The van der Waals surface area contributed by atoms with Gasteiger partial charge in [-0.05, 0) is 11.1 Å². The summed E-state index contributed by atoms with van der Waals surface area (Å²) in [5.41, 5.74) is 2.80. The van der Waals surface area contributed by atoms with Crippen LogP contribution in [0.25, 0.3) is 0 Å². The van der Waals surface area contributed by atoms with E-state index in [4.69, 9.17) is 10.5 Å². The molecule has 0 saturated heterocycles. The van der Waals surface area contributed by atoms with E-state index in [1.54, 1.807) is 0 Å². The molecular formula is C15H18O2. The largest absolute Gasteiger partial charge is 0.255 e. The lowest BCUT2D eigenvalue weighted by atomic mass is 9.78. The molecule has 2 aromatic carbocycles. The van der Waals surface area contributed by atoms with Gasteiger partial charge in [-0.25, -0.2) is 0 Å². The third-order valence-corrected chi connectivity index (χ3v) is 2.99. The molecule has 0 atom stereocenters. The molecule has 0 saturated carbocycles. The molecule has 0 aromatic heterocycles. The average molecular weight is 230 g/mol. The third-order valence-electron chi connectivity index (χ3n) is 2.99. The third kappa shape index (κ3) is 3.16. The second-order valence-corrected chi connectivity index (χ2v) is 4.36. The normalized spacial score (nSPS) is 10.4. The molecule has 0 bridgehead atoms. The van der Waals surface area contributed by atoms with Crippen molar-refractivity contribution in [2.75, 3.05) is 0 Å². The Morgan fingerprint density at radius 1 is 0.647 bits per heavy atom. The van der Waals surface area contributed by atoms with Gasteiger partial charge >= 0.3 is 0 Å². The Morgan fingerprint density at radius 3 is 1.24 bits per heavy atom. The minimum atomic E-state index is 0.0858. The van der Waals surface area contributed by atoms with E-state index in [9.17, 15) is 0 Å². The standard InChI is InChI=1S/C15H16.H2O2/c1-15(2,13-9-5-3-6-10-13)14-11-7-4-8-12-14;1-2/h3-12H,1-2H3;1-2H. The fourth-order valence-electron chi connectivity index (χ4n) is 1.88. The first-order valence-corrected chi connectivity index (χ1v) is 5.52. The predicted octanol–water partition coefficient (Wildman–Crippen LogP) is 4.03. The summed E-state index contributed by atoms with van der Waals surface area (Å²) in [6, 6.07) is 21.3. The van der Waals surface area contributed by atoms with E-state index < -0.39 is 0 Å². The summed E-state index contributed by atoms with van der Waals surface area (Å²) in [6.07, 6.45) is 0. The molecule has 0 aliphatic carbocycles. The van der Waals surface area contributed by atoms with E-state index >= 15 is 0 Å². The van der Waals surface area contributed by atoms with Crippen molar-refractivity contribution in [3.63, 3.8) is 0 Å². The number of rotatable bonds is 2. The van der Waals surface area contributed by atoms with Gasteiger partial charge in [0.15, 0.2) is 0 Å². The molecule has 2 aromatic rings. The van der Waals surface area contributed by atoms with Crippen molar-refractivity contribution < 1.29 is 10.5 Å². The Labute approximate surface area is 102 Å². The summed E-state index contributed by atoms with van der Waals surface area (Å²) in [7, 11) is 0. The Hall–Kier alpha value is -1.64. The Kier molecular flexibility index (Phi) is 4.88. The topological polar surface area (TPSA) is 40.5 Å². The molecule has 0 radical (unpaired) electrons. The summed E-state index contributed by atoms with van der Waals surface area (Å²) in [5, 5.41) is 12.0. The second kappa shape index (κ2) is 6.18. The van der Waals surface area contributed by atoms with Crippen LogP contribution in [0.3, 0.4) is 0 Å². The maximum absolute atomic E-state index is 6.00. The van der Waals surface area contributed by atoms with Crippen molar-refractivity contribution in [2.45, 2.75) is 19.3 Å². The number of benzene rings is 2.